The van der Waals surface area contributed by atoms with Crippen molar-refractivity contribution in [1.29, 1.82) is 0 Å². The van der Waals surface area contributed by atoms with Crippen molar-refractivity contribution in [2.45, 2.75) is 19.9 Å². The van der Waals surface area contributed by atoms with Gasteiger partial charge in [0, 0.05) is 6.04 Å². The van der Waals surface area contributed by atoms with Gasteiger partial charge in [-0.25, -0.2) is 4.39 Å². The third kappa shape index (κ3) is 2.05. The Balaban J connectivity index is 3.00. The summed E-state index contributed by atoms with van der Waals surface area (Å²) >= 11 is 0. The third-order valence-corrected chi connectivity index (χ3v) is 2.00. The van der Waals surface area contributed by atoms with Crippen LogP contribution in [0.3, 0.4) is 0 Å². The number of benzene rings is 1. The van der Waals surface area contributed by atoms with E-state index in [0.717, 1.165) is 11.1 Å². The summed E-state index contributed by atoms with van der Waals surface area (Å²) in [5, 5.41) is 3.07. The van der Waals surface area contributed by atoms with Gasteiger partial charge in [0.25, 0.3) is 0 Å². The lowest BCUT2D eigenvalue weighted by molar-refractivity contribution is 0.607. The van der Waals surface area contributed by atoms with Gasteiger partial charge in [0.2, 0.25) is 0 Å². The third-order valence-electron chi connectivity index (χ3n) is 2.00. The molecule has 1 N–H and O–H groups in total. The molecule has 1 atom stereocenters. The van der Waals surface area contributed by atoms with Gasteiger partial charge in [-0.2, -0.15) is 0 Å². The summed E-state index contributed by atoms with van der Waals surface area (Å²) < 4.78 is 12.9. The van der Waals surface area contributed by atoms with E-state index in [1.54, 1.807) is 6.07 Å². The Bertz CT molecular complexity index is 250. The molecule has 1 rings (SSSR count). The lowest BCUT2D eigenvalue weighted by Gasteiger charge is -2.11. The minimum absolute atomic E-state index is 0.160. The standard InChI is InChI=1S/C10H14FN/c1-7-4-9(8(2)12-3)6-10(11)5-7/h4-6,8,12H,1-3H3/t8-/m0/s1. The molecule has 1 aromatic rings. The summed E-state index contributed by atoms with van der Waals surface area (Å²) in [6.45, 7) is 3.91. The maximum Gasteiger partial charge on any atom is 0.123 e. The minimum Gasteiger partial charge on any atom is -0.313 e. The van der Waals surface area contributed by atoms with Gasteiger partial charge in [-0.15, -0.1) is 0 Å². The molecule has 0 amide bonds. The van der Waals surface area contributed by atoms with Crippen LogP contribution in [0.4, 0.5) is 4.39 Å². The highest BCUT2D eigenvalue weighted by Crippen LogP contribution is 2.15. The zero-order valence-electron chi connectivity index (χ0n) is 7.69. The molecule has 1 aromatic carbocycles. The molecule has 12 heavy (non-hydrogen) atoms. The zero-order chi connectivity index (χ0) is 9.14. The van der Waals surface area contributed by atoms with Crippen LogP contribution < -0.4 is 5.32 Å². The maximum atomic E-state index is 12.9. The van der Waals surface area contributed by atoms with Crippen molar-refractivity contribution >= 4 is 0 Å². The summed E-state index contributed by atoms with van der Waals surface area (Å²) in [5.74, 6) is -0.160. The van der Waals surface area contributed by atoms with E-state index >= 15 is 0 Å². The molecule has 0 unspecified atom stereocenters. The summed E-state index contributed by atoms with van der Waals surface area (Å²) in [6.07, 6.45) is 0. The van der Waals surface area contributed by atoms with Crippen molar-refractivity contribution in [1.82, 2.24) is 5.32 Å². The molecule has 0 saturated carbocycles. The number of aryl methyl sites for hydroxylation is 1. The van der Waals surface area contributed by atoms with E-state index in [0.29, 0.717) is 0 Å². The second kappa shape index (κ2) is 3.68. The van der Waals surface area contributed by atoms with Crippen LogP contribution in [0.1, 0.15) is 24.1 Å². The Kier molecular flexibility index (Phi) is 2.82. The molecule has 0 aliphatic heterocycles. The van der Waals surface area contributed by atoms with Crippen molar-refractivity contribution < 1.29 is 4.39 Å². The second-order valence-electron chi connectivity index (χ2n) is 3.07. The van der Waals surface area contributed by atoms with E-state index in [4.69, 9.17) is 0 Å². The number of rotatable bonds is 2. The molecule has 0 bridgehead atoms. The van der Waals surface area contributed by atoms with E-state index < -0.39 is 0 Å². The van der Waals surface area contributed by atoms with Crippen LogP contribution in [0.5, 0.6) is 0 Å². The fourth-order valence-corrected chi connectivity index (χ4v) is 1.18. The molecule has 66 valence electrons. The SMILES string of the molecule is CN[C@@H](C)c1cc(C)cc(F)c1. The predicted molar refractivity (Wildman–Crippen MR) is 48.6 cm³/mol. The van der Waals surface area contributed by atoms with Crippen LogP contribution in [0, 0.1) is 12.7 Å². The highest BCUT2D eigenvalue weighted by molar-refractivity contribution is 5.25. The smallest absolute Gasteiger partial charge is 0.123 e. The fourth-order valence-electron chi connectivity index (χ4n) is 1.18. The van der Waals surface area contributed by atoms with Gasteiger partial charge in [0.1, 0.15) is 5.82 Å². The Morgan fingerprint density at radius 1 is 1.33 bits per heavy atom. The maximum absolute atomic E-state index is 12.9. The Morgan fingerprint density at radius 2 is 2.00 bits per heavy atom. The quantitative estimate of drug-likeness (QED) is 0.713. The Morgan fingerprint density at radius 3 is 2.50 bits per heavy atom. The summed E-state index contributed by atoms with van der Waals surface area (Å²) in [4.78, 5) is 0. The number of halogens is 1. The molecule has 0 fully saturated rings. The Labute approximate surface area is 72.6 Å². The average Bonchev–Trinajstić information content (AvgIpc) is 2.01. The molecule has 2 heteroatoms. The topological polar surface area (TPSA) is 12.0 Å². The van der Waals surface area contributed by atoms with Gasteiger partial charge in [0.05, 0.1) is 0 Å². The first-order valence-corrected chi connectivity index (χ1v) is 4.08. The molecule has 0 heterocycles. The molecule has 0 aliphatic carbocycles. The van der Waals surface area contributed by atoms with Crippen molar-refractivity contribution in [3.05, 3.63) is 35.1 Å². The molecular formula is C10H14FN. The van der Waals surface area contributed by atoms with Crippen LogP contribution in [0.25, 0.3) is 0 Å². The number of nitrogens with one attached hydrogen (secondary N) is 1. The van der Waals surface area contributed by atoms with Crippen LogP contribution >= 0.6 is 0 Å². The van der Waals surface area contributed by atoms with Gasteiger partial charge in [-0.3, -0.25) is 0 Å². The monoisotopic (exact) mass is 167 g/mol. The van der Waals surface area contributed by atoms with Gasteiger partial charge in [-0.05, 0) is 44.2 Å². The lowest BCUT2D eigenvalue weighted by Crippen LogP contribution is -2.12. The summed E-state index contributed by atoms with van der Waals surface area (Å²) in [5.41, 5.74) is 1.96. The summed E-state index contributed by atoms with van der Waals surface area (Å²) in [7, 11) is 1.87. The predicted octanol–water partition coefficient (Wildman–Crippen LogP) is 2.41. The van der Waals surface area contributed by atoms with E-state index in [-0.39, 0.29) is 11.9 Å². The van der Waals surface area contributed by atoms with Crippen molar-refractivity contribution in [3.63, 3.8) is 0 Å². The Hall–Kier alpha value is -0.890. The normalized spacial score (nSPS) is 13.0. The second-order valence-corrected chi connectivity index (χ2v) is 3.07. The first-order chi connectivity index (χ1) is 5.63. The van der Waals surface area contributed by atoms with Gasteiger partial charge < -0.3 is 5.32 Å². The fraction of sp³-hybridized carbons (Fsp3) is 0.400. The van der Waals surface area contributed by atoms with Crippen molar-refractivity contribution in [2.24, 2.45) is 0 Å². The zero-order valence-corrected chi connectivity index (χ0v) is 7.69. The molecular weight excluding hydrogens is 153 g/mol. The molecule has 0 aromatic heterocycles. The molecule has 0 radical (unpaired) electrons. The highest BCUT2D eigenvalue weighted by atomic mass is 19.1. The minimum atomic E-state index is -0.160. The molecule has 0 spiro atoms. The largest absolute Gasteiger partial charge is 0.313 e. The summed E-state index contributed by atoms with van der Waals surface area (Å²) in [6, 6.07) is 5.30. The van der Waals surface area contributed by atoms with Crippen LogP contribution in [0.2, 0.25) is 0 Å². The van der Waals surface area contributed by atoms with Gasteiger partial charge >= 0.3 is 0 Å². The number of hydrogen-bond donors (Lipinski definition) is 1. The molecule has 0 aliphatic rings. The van der Waals surface area contributed by atoms with Crippen molar-refractivity contribution in [3.8, 4) is 0 Å². The first-order valence-electron chi connectivity index (χ1n) is 4.08. The van der Waals surface area contributed by atoms with Gasteiger partial charge in [-0.1, -0.05) is 6.07 Å². The van der Waals surface area contributed by atoms with E-state index in [9.17, 15) is 4.39 Å². The lowest BCUT2D eigenvalue weighted by atomic mass is 10.1. The van der Waals surface area contributed by atoms with E-state index in [2.05, 4.69) is 5.32 Å². The van der Waals surface area contributed by atoms with E-state index in [1.165, 1.54) is 6.07 Å². The first kappa shape index (κ1) is 9.20. The molecule has 1 nitrogen and oxygen atoms in total. The average molecular weight is 167 g/mol. The highest BCUT2D eigenvalue weighted by Gasteiger charge is 2.03. The molecule has 0 saturated heterocycles. The van der Waals surface area contributed by atoms with E-state index in [1.807, 2.05) is 27.0 Å². The van der Waals surface area contributed by atoms with Crippen LogP contribution in [-0.4, -0.2) is 7.05 Å². The van der Waals surface area contributed by atoms with Crippen molar-refractivity contribution in [2.75, 3.05) is 7.05 Å². The van der Waals surface area contributed by atoms with Gasteiger partial charge in [0.15, 0.2) is 0 Å². The van der Waals surface area contributed by atoms with Crippen LogP contribution in [0.15, 0.2) is 18.2 Å². The van der Waals surface area contributed by atoms with Crippen LogP contribution in [-0.2, 0) is 0 Å². The number of hydrogen-bond acceptors (Lipinski definition) is 1.